The molecule has 1 unspecified atom stereocenters. The second kappa shape index (κ2) is 6.62. The third-order valence-electron chi connectivity index (χ3n) is 3.86. The van der Waals surface area contributed by atoms with Crippen LogP contribution in [-0.2, 0) is 9.59 Å². The summed E-state index contributed by atoms with van der Waals surface area (Å²) >= 11 is 1.52. The number of hydrogen-bond donors (Lipinski definition) is 1. The van der Waals surface area contributed by atoms with Crippen LogP contribution in [-0.4, -0.2) is 53.8 Å². The summed E-state index contributed by atoms with van der Waals surface area (Å²) in [6.45, 7) is 4.85. The summed E-state index contributed by atoms with van der Waals surface area (Å²) in [5.41, 5.74) is 1.28. The van der Waals surface area contributed by atoms with Crippen molar-refractivity contribution in [1.82, 2.24) is 9.80 Å². The summed E-state index contributed by atoms with van der Waals surface area (Å²) in [4.78, 5) is 29.2. The molecule has 120 valence electrons. The average Bonchev–Trinajstić information content (AvgIpc) is 2.99. The summed E-state index contributed by atoms with van der Waals surface area (Å²) in [6, 6.07) is 1.51. The van der Waals surface area contributed by atoms with E-state index in [9.17, 15) is 14.7 Å². The maximum atomic E-state index is 12.4. The summed E-state index contributed by atoms with van der Waals surface area (Å²) in [5, 5.41) is 12.2. The van der Waals surface area contributed by atoms with E-state index in [0.717, 1.165) is 10.4 Å². The van der Waals surface area contributed by atoms with Gasteiger partial charge >= 0.3 is 0 Å². The molecular weight excluding hydrogens is 300 g/mol. The summed E-state index contributed by atoms with van der Waals surface area (Å²) in [5.74, 6) is -1.00. The number of aliphatic hydroxyl groups excluding tert-OH is 1. The van der Waals surface area contributed by atoms with E-state index in [0.29, 0.717) is 13.1 Å². The molecular formula is C16H22N2O3S. The first-order chi connectivity index (χ1) is 10.4. The Morgan fingerprint density at radius 3 is 2.64 bits per heavy atom. The molecule has 5 nitrogen and oxygen atoms in total. The van der Waals surface area contributed by atoms with Crippen LogP contribution in [0.25, 0.3) is 0 Å². The van der Waals surface area contributed by atoms with Gasteiger partial charge in [-0.05, 0) is 38.0 Å². The topological polar surface area (TPSA) is 60.9 Å². The molecule has 1 aromatic heterocycles. The van der Waals surface area contributed by atoms with Crippen LogP contribution in [0.2, 0.25) is 0 Å². The second-order valence-corrected chi connectivity index (χ2v) is 6.66. The zero-order chi connectivity index (χ0) is 16.4. The second-order valence-electron chi connectivity index (χ2n) is 5.71. The van der Waals surface area contributed by atoms with Crippen LogP contribution >= 0.6 is 11.3 Å². The predicted octanol–water partition coefficient (Wildman–Crippen LogP) is 2.29. The number of carbonyl (C=O) groups excluding carboxylic acids is 2. The fourth-order valence-electron chi connectivity index (χ4n) is 2.60. The lowest BCUT2D eigenvalue weighted by atomic mass is 9.98. The highest BCUT2D eigenvalue weighted by Gasteiger charge is 2.43. The van der Waals surface area contributed by atoms with Crippen LogP contribution in [0.5, 0.6) is 0 Å². The van der Waals surface area contributed by atoms with Gasteiger partial charge in [0.1, 0.15) is 0 Å². The molecule has 1 aromatic rings. The molecule has 1 atom stereocenters. The fraction of sp³-hybridized carbons (Fsp3) is 0.500. The predicted molar refractivity (Wildman–Crippen MR) is 87.0 cm³/mol. The molecule has 0 radical (unpaired) electrons. The Hall–Kier alpha value is -1.66. The van der Waals surface area contributed by atoms with Gasteiger partial charge in [0.2, 0.25) is 0 Å². The van der Waals surface area contributed by atoms with E-state index in [1.165, 1.54) is 11.3 Å². The molecule has 2 heterocycles. The first-order valence-electron chi connectivity index (χ1n) is 7.34. The van der Waals surface area contributed by atoms with Crippen molar-refractivity contribution in [3.63, 3.8) is 0 Å². The van der Waals surface area contributed by atoms with Gasteiger partial charge in [0.15, 0.2) is 11.5 Å². The van der Waals surface area contributed by atoms with Crippen molar-refractivity contribution in [3.8, 4) is 0 Å². The SMILES string of the molecule is CCC(=O)C1=C(O)C(=O)N(CCN(C)C)C1c1sccc1C. The first-order valence-corrected chi connectivity index (χ1v) is 8.22. The lowest BCUT2D eigenvalue weighted by Gasteiger charge is -2.27. The number of aliphatic hydroxyl groups is 1. The van der Waals surface area contributed by atoms with Crippen LogP contribution in [0.3, 0.4) is 0 Å². The number of amides is 1. The number of carbonyl (C=O) groups is 2. The Morgan fingerprint density at radius 1 is 1.45 bits per heavy atom. The zero-order valence-corrected chi connectivity index (χ0v) is 14.2. The third-order valence-corrected chi connectivity index (χ3v) is 4.93. The molecule has 1 N–H and O–H groups in total. The highest BCUT2D eigenvalue weighted by Crippen LogP contribution is 2.41. The lowest BCUT2D eigenvalue weighted by Crippen LogP contribution is -2.36. The normalized spacial score (nSPS) is 18.7. The largest absolute Gasteiger partial charge is 0.503 e. The molecule has 0 saturated carbocycles. The van der Waals surface area contributed by atoms with Crippen LogP contribution in [0.4, 0.5) is 0 Å². The smallest absolute Gasteiger partial charge is 0.290 e. The van der Waals surface area contributed by atoms with Crippen LogP contribution in [0.15, 0.2) is 22.8 Å². The van der Waals surface area contributed by atoms with Gasteiger partial charge in [-0.2, -0.15) is 0 Å². The minimum Gasteiger partial charge on any atom is -0.503 e. The van der Waals surface area contributed by atoms with Gasteiger partial charge in [0, 0.05) is 24.4 Å². The lowest BCUT2D eigenvalue weighted by molar-refractivity contribution is -0.129. The van der Waals surface area contributed by atoms with E-state index < -0.39 is 11.9 Å². The van der Waals surface area contributed by atoms with Gasteiger partial charge in [-0.25, -0.2) is 0 Å². The number of thiophene rings is 1. The number of likely N-dealkylation sites (N-methyl/N-ethyl adjacent to an activating group) is 1. The molecule has 1 amide bonds. The van der Waals surface area contributed by atoms with Gasteiger partial charge < -0.3 is 14.9 Å². The van der Waals surface area contributed by atoms with Crippen LogP contribution < -0.4 is 0 Å². The van der Waals surface area contributed by atoms with Crippen molar-refractivity contribution >= 4 is 23.0 Å². The van der Waals surface area contributed by atoms with Crippen molar-refractivity contribution in [2.75, 3.05) is 27.2 Å². The first kappa shape index (κ1) is 16.7. The Kier molecular flexibility index (Phi) is 5.03. The van der Waals surface area contributed by atoms with E-state index in [1.807, 2.05) is 37.4 Å². The molecule has 2 rings (SSSR count). The molecule has 0 aliphatic carbocycles. The molecule has 0 spiro atoms. The minimum absolute atomic E-state index is 0.170. The van der Waals surface area contributed by atoms with Gasteiger partial charge in [-0.3, -0.25) is 9.59 Å². The molecule has 1 aliphatic heterocycles. The number of aryl methyl sites for hydroxylation is 1. The average molecular weight is 322 g/mol. The van der Waals surface area contributed by atoms with Gasteiger partial charge in [0.25, 0.3) is 5.91 Å². The number of Topliss-reactive ketones (excluding diaryl/α,β-unsaturated/α-hetero) is 1. The highest BCUT2D eigenvalue weighted by molar-refractivity contribution is 7.10. The molecule has 0 aromatic carbocycles. The Labute approximate surface area is 134 Å². The monoisotopic (exact) mass is 322 g/mol. The standard InChI is InChI=1S/C16H22N2O3S/c1-5-11(19)12-13(15-10(2)6-9-22-15)18(8-7-17(3)4)16(21)14(12)20/h6,9,13,20H,5,7-8H2,1-4H3. The summed E-state index contributed by atoms with van der Waals surface area (Å²) < 4.78 is 0. The van der Waals surface area contributed by atoms with Crippen LogP contribution in [0, 0.1) is 6.92 Å². The Morgan fingerprint density at radius 2 is 2.14 bits per heavy atom. The van der Waals surface area contributed by atoms with Crippen molar-refractivity contribution in [1.29, 1.82) is 0 Å². The molecule has 1 aliphatic rings. The van der Waals surface area contributed by atoms with Crippen molar-refractivity contribution in [2.24, 2.45) is 0 Å². The minimum atomic E-state index is -0.458. The highest BCUT2D eigenvalue weighted by atomic mass is 32.1. The molecule has 6 heteroatoms. The van der Waals surface area contributed by atoms with E-state index in [1.54, 1.807) is 11.8 Å². The van der Waals surface area contributed by atoms with Gasteiger partial charge in [-0.1, -0.05) is 6.92 Å². The van der Waals surface area contributed by atoms with Crippen molar-refractivity contribution < 1.29 is 14.7 Å². The van der Waals surface area contributed by atoms with E-state index >= 15 is 0 Å². The van der Waals surface area contributed by atoms with E-state index in [-0.39, 0.29) is 23.5 Å². The summed E-state index contributed by atoms with van der Waals surface area (Å²) in [6.07, 6.45) is 0.273. The summed E-state index contributed by atoms with van der Waals surface area (Å²) in [7, 11) is 3.86. The number of hydrogen-bond acceptors (Lipinski definition) is 5. The Balaban J connectivity index is 2.45. The molecule has 22 heavy (non-hydrogen) atoms. The van der Waals surface area contributed by atoms with E-state index in [4.69, 9.17) is 0 Å². The fourth-order valence-corrected chi connectivity index (χ4v) is 3.65. The van der Waals surface area contributed by atoms with Crippen molar-refractivity contribution in [2.45, 2.75) is 26.3 Å². The molecule has 0 saturated heterocycles. The Bertz CT molecular complexity index is 619. The van der Waals surface area contributed by atoms with E-state index in [2.05, 4.69) is 0 Å². The zero-order valence-electron chi connectivity index (χ0n) is 13.4. The quantitative estimate of drug-likeness (QED) is 0.873. The van der Waals surface area contributed by atoms with Gasteiger partial charge in [-0.15, -0.1) is 11.3 Å². The molecule has 0 bridgehead atoms. The number of nitrogens with zero attached hydrogens (tertiary/aromatic N) is 2. The number of rotatable bonds is 6. The van der Waals surface area contributed by atoms with Crippen molar-refractivity contribution in [3.05, 3.63) is 33.2 Å². The number of ketones is 1. The maximum Gasteiger partial charge on any atom is 0.290 e. The third kappa shape index (κ3) is 2.94. The maximum absolute atomic E-state index is 12.4. The van der Waals surface area contributed by atoms with Crippen LogP contribution in [0.1, 0.15) is 29.8 Å². The van der Waals surface area contributed by atoms with Gasteiger partial charge in [0.05, 0.1) is 11.6 Å². The molecule has 0 fully saturated rings.